The first-order valence-corrected chi connectivity index (χ1v) is 4.45. The molecule has 1 heterocycles. The zero-order valence-corrected chi connectivity index (χ0v) is 7.75. The molecule has 0 unspecified atom stereocenters. The molecule has 1 aromatic heterocycles. The summed E-state index contributed by atoms with van der Waals surface area (Å²) in [6.45, 7) is 2.00. The van der Waals surface area contributed by atoms with Crippen LogP contribution in [0.15, 0.2) is 16.7 Å². The largest absolute Gasteiger partial charge is 0.481 e. The van der Waals surface area contributed by atoms with E-state index in [0.717, 1.165) is 30.6 Å². The van der Waals surface area contributed by atoms with E-state index in [0.29, 0.717) is 0 Å². The van der Waals surface area contributed by atoms with E-state index in [2.05, 4.69) is 0 Å². The van der Waals surface area contributed by atoms with Gasteiger partial charge in [-0.1, -0.05) is 0 Å². The van der Waals surface area contributed by atoms with Crippen molar-refractivity contribution < 1.29 is 14.3 Å². The molecule has 1 N–H and O–H groups in total. The van der Waals surface area contributed by atoms with Gasteiger partial charge >= 0.3 is 5.97 Å². The number of carboxylic acids is 1. The number of aliphatic carboxylic acids is 1. The van der Waals surface area contributed by atoms with Crippen LogP contribution in [0.25, 0.3) is 0 Å². The molecule has 0 fully saturated rings. The van der Waals surface area contributed by atoms with Crippen molar-refractivity contribution in [3.05, 3.63) is 23.7 Å². The summed E-state index contributed by atoms with van der Waals surface area (Å²) in [5, 5.41) is 8.40. The van der Waals surface area contributed by atoms with Crippen LogP contribution in [0, 0.1) is 6.92 Å². The number of furan rings is 1. The third kappa shape index (κ3) is 3.32. The normalized spacial score (nSPS) is 10.2. The minimum Gasteiger partial charge on any atom is -0.481 e. The lowest BCUT2D eigenvalue weighted by Crippen LogP contribution is -1.94. The topological polar surface area (TPSA) is 50.4 Å². The molecule has 0 amide bonds. The number of rotatable bonds is 5. The summed E-state index contributed by atoms with van der Waals surface area (Å²) in [6, 6.07) is 1.92. The van der Waals surface area contributed by atoms with Crippen LogP contribution in [0.3, 0.4) is 0 Å². The number of hydrogen-bond donors (Lipinski definition) is 1. The fraction of sp³-hybridized carbons (Fsp3) is 0.500. The third-order valence-corrected chi connectivity index (χ3v) is 2.01. The van der Waals surface area contributed by atoms with E-state index in [1.807, 2.05) is 13.0 Å². The maximum atomic E-state index is 10.2. The molecular formula is C10H14O3. The van der Waals surface area contributed by atoms with Gasteiger partial charge in [-0.05, 0) is 31.4 Å². The predicted octanol–water partition coefficient (Wildman–Crippen LogP) is 2.39. The Morgan fingerprint density at radius 2 is 2.31 bits per heavy atom. The Bertz CT molecular complexity index is 275. The van der Waals surface area contributed by atoms with Crippen LogP contribution in [0.4, 0.5) is 0 Å². The molecular weight excluding hydrogens is 168 g/mol. The van der Waals surface area contributed by atoms with Crippen molar-refractivity contribution in [2.24, 2.45) is 0 Å². The van der Waals surface area contributed by atoms with Crippen LogP contribution < -0.4 is 0 Å². The van der Waals surface area contributed by atoms with Gasteiger partial charge in [0.1, 0.15) is 5.76 Å². The van der Waals surface area contributed by atoms with Gasteiger partial charge in [0, 0.05) is 12.8 Å². The highest BCUT2D eigenvalue weighted by atomic mass is 16.4. The third-order valence-electron chi connectivity index (χ3n) is 2.01. The average Bonchev–Trinajstić information content (AvgIpc) is 2.45. The summed E-state index contributed by atoms with van der Waals surface area (Å²) >= 11 is 0. The quantitative estimate of drug-likeness (QED) is 0.711. The average molecular weight is 182 g/mol. The van der Waals surface area contributed by atoms with Crippen LogP contribution in [0.5, 0.6) is 0 Å². The van der Waals surface area contributed by atoms with E-state index in [4.69, 9.17) is 9.52 Å². The number of hydrogen-bond acceptors (Lipinski definition) is 2. The van der Waals surface area contributed by atoms with Gasteiger partial charge in [-0.25, -0.2) is 0 Å². The molecule has 0 radical (unpaired) electrons. The van der Waals surface area contributed by atoms with E-state index >= 15 is 0 Å². The molecule has 0 aliphatic rings. The van der Waals surface area contributed by atoms with Gasteiger partial charge in [-0.3, -0.25) is 4.79 Å². The molecule has 0 atom stereocenters. The SMILES string of the molecule is Cc1ccoc1CCCCC(=O)O. The van der Waals surface area contributed by atoms with Crippen LogP contribution in [-0.2, 0) is 11.2 Å². The fourth-order valence-electron chi connectivity index (χ4n) is 1.22. The Morgan fingerprint density at radius 1 is 1.54 bits per heavy atom. The minimum absolute atomic E-state index is 0.250. The lowest BCUT2D eigenvalue weighted by atomic mass is 10.1. The number of carboxylic acid groups (broad SMARTS) is 1. The summed E-state index contributed by atoms with van der Waals surface area (Å²) < 4.78 is 5.22. The Hall–Kier alpha value is -1.25. The molecule has 0 aliphatic carbocycles. The molecule has 0 spiro atoms. The zero-order chi connectivity index (χ0) is 9.68. The molecule has 0 aliphatic heterocycles. The number of unbranched alkanes of at least 4 members (excludes halogenated alkanes) is 1. The number of carbonyl (C=O) groups is 1. The van der Waals surface area contributed by atoms with Crippen molar-refractivity contribution in [1.29, 1.82) is 0 Å². The van der Waals surface area contributed by atoms with Crippen molar-refractivity contribution in [3.63, 3.8) is 0 Å². The molecule has 0 saturated carbocycles. The second-order valence-electron chi connectivity index (χ2n) is 3.13. The Labute approximate surface area is 77.4 Å². The summed E-state index contributed by atoms with van der Waals surface area (Å²) in [7, 11) is 0. The number of aryl methyl sites for hydroxylation is 2. The molecule has 0 saturated heterocycles. The first kappa shape index (κ1) is 9.84. The smallest absolute Gasteiger partial charge is 0.303 e. The van der Waals surface area contributed by atoms with E-state index < -0.39 is 5.97 Å². The maximum absolute atomic E-state index is 10.2. The van der Waals surface area contributed by atoms with Gasteiger partial charge in [0.25, 0.3) is 0 Å². The molecule has 3 heteroatoms. The van der Waals surface area contributed by atoms with Crippen LogP contribution in [-0.4, -0.2) is 11.1 Å². The molecule has 13 heavy (non-hydrogen) atoms. The first-order chi connectivity index (χ1) is 6.20. The van der Waals surface area contributed by atoms with Crippen molar-refractivity contribution in [1.82, 2.24) is 0 Å². The van der Waals surface area contributed by atoms with Gasteiger partial charge in [-0.2, -0.15) is 0 Å². The zero-order valence-electron chi connectivity index (χ0n) is 7.75. The first-order valence-electron chi connectivity index (χ1n) is 4.45. The summed E-state index contributed by atoms with van der Waals surface area (Å²) in [5.41, 5.74) is 1.15. The van der Waals surface area contributed by atoms with E-state index in [-0.39, 0.29) is 6.42 Å². The highest BCUT2D eigenvalue weighted by molar-refractivity contribution is 5.66. The molecule has 1 aromatic rings. The molecule has 72 valence electrons. The summed E-state index contributed by atoms with van der Waals surface area (Å²) in [6.07, 6.45) is 4.35. The maximum Gasteiger partial charge on any atom is 0.303 e. The van der Waals surface area contributed by atoms with Gasteiger partial charge in [-0.15, -0.1) is 0 Å². The monoisotopic (exact) mass is 182 g/mol. The van der Waals surface area contributed by atoms with Gasteiger partial charge in [0.15, 0.2) is 0 Å². The van der Waals surface area contributed by atoms with E-state index in [1.54, 1.807) is 6.26 Å². The lowest BCUT2D eigenvalue weighted by molar-refractivity contribution is -0.137. The standard InChI is InChI=1S/C10H14O3/c1-8-6-7-13-9(8)4-2-3-5-10(11)12/h6-7H,2-5H2,1H3,(H,11,12). The van der Waals surface area contributed by atoms with Crippen molar-refractivity contribution >= 4 is 5.97 Å². The second kappa shape index (κ2) is 4.70. The molecule has 0 bridgehead atoms. The summed E-state index contributed by atoms with van der Waals surface area (Å²) in [4.78, 5) is 10.2. The van der Waals surface area contributed by atoms with Gasteiger partial charge < -0.3 is 9.52 Å². The second-order valence-corrected chi connectivity index (χ2v) is 3.13. The Morgan fingerprint density at radius 3 is 2.85 bits per heavy atom. The fourth-order valence-corrected chi connectivity index (χ4v) is 1.22. The van der Waals surface area contributed by atoms with E-state index in [1.165, 1.54) is 0 Å². The van der Waals surface area contributed by atoms with Gasteiger partial charge in [0.05, 0.1) is 6.26 Å². The summed E-state index contributed by atoms with van der Waals surface area (Å²) in [5.74, 6) is 0.251. The van der Waals surface area contributed by atoms with E-state index in [9.17, 15) is 4.79 Å². The van der Waals surface area contributed by atoms with Crippen LogP contribution >= 0.6 is 0 Å². The van der Waals surface area contributed by atoms with Crippen LogP contribution in [0.2, 0.25) is 0 Å². The van der Waals surface area contributed by atoms with Crippen LogP contribution in [0.1, 0.15) is 30.6 Å². The van der Waals surface area contributed by atoms with Crippen molar-refractivity contribution in [2.45, 2.75) is 32.6 Å². The van der Waals surface area contributed by atoms with Gasteiger partial charge in [0.2, 0.25) is 0 Å². The molecule has 3 nitrogen and oxygen atoms in total. The predicted molar refractivity (Wildman–Crippen MR) is 48.6 cm³/mol. The minimum atomic E-state index is -0.726. The molecule has 0 aromatic carbocycles. The Kier molecular flexibility index (Phi) is 3.55. The van der Waals surface area contributed by atoms with Crippen molar-refractivity contribution in [3.8, 4) is 0 Å². The molecule has 1 rings (SSSR count). The highest BCUT2D eigenvalue weighted by Gasteiger charge is 2.02. The highest BCUT2D eigenvalue weighted by Crippen LogP contribution is 2.12. The van der Waals surface area contributed by atoms with Crippen molar-refractivity contribution in [2.75, 3.05) is 0 Å². The lowest BCUT2D eigenvalue weighted by Gasteiger charge is -1.97. The Balaban J connectivity index is 2.20.